The van der Waals surface area contributed by atoms with E-state index in [9.17, 15) is 13.2 Å². The van der Waals surface area contributed by atoms with Gasteiger partial charge in [0.05, 0.1) is 24.3 Å². The highest BCUT2D eigenvalue weighted by Gasteiger charge is 2.26. The Hall–Kier alpha value is -2.26. The summed E-state index contributed by atoms with van der Waals surface area (Å²) in [5, 5.41) is 4.49. The molecule has 0 unspecified atom stereocenters. The number of sulfonamides is 1. The lowest BCUT2D eigenvalue weighted by Crippen LogP contribution is -2.40. The quantitative estimate of drug-likeness (QED) is 0.607. The first-order chi connectivity index (χ1) is 13.0. The molecule has 1 N–H and O–H groups in total. The van der Waals surface area contributed by atoms with Crippen molar-refractivity contribution in [3.63, 3.8) is 0 Å². The lowest BCUT2D eigenvalue weighted by Gasteiger charge is -2.26. The number of amides is 1. The summed E-state index contributed by atoms with van der Waals surface area (Å²) in [4.78, 5) is 12.3. The van der Waals surface area contributed by atoms with Gasteiger partial charge in [-0.05, 0) is 35.9 Å². The lowest BCUT2D eigenvalue weighted by atomic mass is 10.2. The van der Waals surface area contributed by atoms with E-state index in [-0.39, 0.29) is 10.5 Å². The number of benzene rings is 2. The third-order valence-corrected chi connectivity index (χ3v) is 6.10. The van der Waals surface area contributed by atoms with Gasteiger partial charge in [-0.2, -0.15) is 9.41 Å². The molecule has 1 saturated heterocycles. The Bertz CT molecular complexity index is 939. The van der Waals surface area contributed by atoms with E-state index in [1.807, 2.05) is 0 Å². The van der Waals surface area contributed by atoms with E-state index in [1.54, 1.807) is 24.3 Å². The number of nitrogens with zero attached hydrogens (tertiary/aromatic N) is 2. The van der Waals surface area contributed by atoms with Gasteiger partial charge in [-0.15, -0.1) is 0 Å². The second-order valence-electron chi connectivity index (χ2n) is 5.79. The van der Waals surface area contributed by atoms with Crippen molar-refractivity contribution in [1.82, 2.24) is 9.73 Å². The van der Waals surface area contributed by atoms with E-state index in [1.165, 1.54) is 34.8 Å². The molecule has 1 fully saturated rings. The third kappa shape index (κ3) is 4.92. The average molecular weight is 408 g/mol. The molecule has 0 spiro atoms. The number of carbonyl (C=O) groups is 1. The second-order valence-corrected chi connectivity index (χ2v) is 8.17. The molecule has 2 aromatic carbocycles. The standard InChI is InChI=1S/C18H18ClN3O4S/c19-16-6-4-14(5-7-16)13-20-21-18(23)15-2-1-3-17(12-15)27(24,25)22-8-10-26-11-9-22/h1-7,12-13H,8-11H2,(H,21,23)/b20-13-. The maximum Gasteiger partial charge on any atom is 0.271 e. The summed E-state index contributed by atoms with van der Waals surface area (Å²) in [6, 6.07) is 12.8. The van der Waals surface area contributed by atoms with Crippen LogP contribution in [0.25, 0.3) is 0 Å². The topological polar surface area (TPSA) is 88.1 Å². The number of hydrazone groups is 1. The van der Waals surface area contributed by atoms with E-state index in [0.717, 1.165) is 5.56 Å². The summed E-state index contributed by atoms with van der Waals surface area (Å²) >= 11 is 5.81. The molecular weight excluding hydrogens is 390 g/mol. The molecule has 1 aliphatic heterocycles. The predicted octanol–water partition coefficient (Wildman–Crippen LogP) is 2.12. The first-order valence-electron chi connectivity index (χ1n) is 8.24. The van der Waals surface area contributed by atoms with Crippen molar-refractivity contribution in [2.75, 3.05) is 26.3 Å². The maximum absolute atomic E-state index is 12.7. The minimum atomic E-state index is -3.66. The monoisotopic (exact) mass is 407 g/mol. The zero-order chi connectivity index (χ0) is 19.3. The molecule has 1 heterocycles. The van der Waals surface area contributed by atoms with Gasteiger partial charge in [0.15, 0.2) is 0 Å². The first-order valence-corrected chi connectivity index (χ1v) is 10.1. The summed E-state index contributed by atoms with van der Waals surface area (Å²) in [5.41, 5.74) is 3.36. The summed E-state index contributed by atoms with van der Waals surface area (Å²) in [5.74, 6) is -0.501. The molecule has 0 saturated carbocycles. The molecule has 0 bridgehead atoms. The van der Waals surface area contributed by atoms with Crippen LogP contribution in [0.2, 0.25) is 5.02 Å². The average Bonchev–Trinajstić information content (AvgIpc) is 2.70. The van der Waals surface area contributed by atoms with Crippen LogP contribution in [0, 0.1) is 0 Å². The van der Waals surface area contributed by atoms with Gasteiger partial charge in [0.2, 0.25) is 10.0 Å². The molecule has 2 aromatic rings. The molecule has 7 nitrogen and oxygen atoms in total. The molecule has 9 heteroatoms. The van der Waals surface area contributed by atoms with Gasteiger partial charge in [0.1, 0.15) is 0 Å². The highest BCUT2D eigenvalue weighted by molar-refractivity contribution is 7.89. The minimum Gasteiger partial charge on any atom is -0.379 e. The molecule has 3 rings (SSSR count). The maximum atomic E-state index is 12.7. The fourth-order valence-electron chi connectivity index (χ4n) is 2.51. The molecule has 1 aliphatic rings. The number of carbonyl (C=O) groups excluding carboxylic acids is 1. The lowest BCUT2D eigenvalue weighted by molar-refractivity contribution is 0.0730. The number of nitrogens with one attached hydrogen (secondary N) is 1. The molecule has 0 aliphatic carbocycles. The number of halogens is 1. The Morgan fingerprint density at radius 1 is 1.15 bits per heavy atom. The van der Waals surface area contributed by atoms with Crippen molar-refractivity contribution in [1.29, 1.82) is 0 Å². The fourth-order valence-corrected chi connectivity index (χ4v) is 4.09. The molecular formula is C18H18ClN3O4S. The van der Waals surface area contributed by atoms with E-state index >= 15 is 0 Å². The number of hydrogen-bond acceptors (Lipinski definition) is 5. The van der Waals surface area contributed by atoms with Crippen LogP contribution in [0.1, 0.15) is 15.9 Å². The van der Waals surface area contributed by atoms with E-state index in [2.05, 4.69) is 10.5 Å². The number of morpholine rings is 1. The Morgan fingerprint density at radius 2 is 1.85 bits per heavy atom. The Morgan fingerprint density at radius 3 is 2.56 bits per heavy atom. The van der Waals surface area contributed by atoms with Crippen LogP contribution in [0.3, 0.4) is 0 Å². The van der Waals surface area contributed by atoms with Crippen molar-refractivity contribution in [2.24, 2.45) is 5.10 Å². The van der Waals surface area contributed by atoms with Gasteiger partial charge < -0.3 is 4.74 Å². The fraction of sp³-hybridized carbons (Fsp3) is 0.222. The molecule has 0 atom stereocenters. The van der Waals surface area contributed by atoms with Crippen LogP contribution in [-0.2, 0) is 14.8 Å². The highest BCUT2D eigenvalue weighted by Crippen LogP contribution is 2.18. The zero-order valence-electron chi connectivity index (χ0n) is 14.3. The van der Waals surface area contributed by atoms with Crippen LogP contribution in [0.4, 0.5) is 0 Å². The van der Waals surface area contributed by atoms with Gasteiger partial charge in [0.25, 0.3) is 5.91 Å². The summed E-state index contributed by atoms with van der Waals surface area (Å²) in [6.07, 6.45) is 1.47. The van der Waals surface area contributed by atoms with Gasteiger partial charge in [-0.1, -0.05) is 29.8 Å². The first kappa shape index (κ1) is 19.5. The minimum absolute atomic E-state index is 0.0683. The summed E-state index contributed by atoms with van der Waals surface area (Å²) in [6.45, 7) is 1.31. The smallest absolute Gasteiger partial charge is 0.271 e. The van der Waals surface area contributed by atoms with Crippen molar-refractivity contribution >= 4 is 33.7 Å². The van der Waals surface area contributed by atoms with Crippen molar-refractivity contribution in [3.05, 3.63) is 64.7 Å². The summed E-state index contributed by atoms with van der Waals surface area (Å²) in [7, 11) is -3.66. The van der Waals surface area contributed by atoms with Crippen LogP contribution < -0.4 is 5.43 Å². The highest BCUT2D eigenvalue weighted by atomic mass is 35.5. The SMILES string of the molecule is O=C(N/N=C\c1ccc(Cl)cc1)c1cccc(S(=O)(=O)N2CCOCC2)c1. The molecule has 142 valence electrons. The van der Waals surface area contributed by atoms with E-state index in [0.29, 0.717) is 31.3 Å². The molecule has 27 heavy (non-hydrogen) atoms. The van der Waals surface area contributed by atoms with E-state index < -0.39 is 15.9 Å². The second kappa shape index (κ2) is 8.62. The summed E-state index contributed by atoms with van der Waals surface area (Å²) < 4.78 is 31.9. The molecule has 1 amide bonds. The number of hydrogen-bond donors (Lipinski definition) is 1. The Balaban J connectivity index is 1.70. The van der Waals surface area contributed by atoms with Gasteiger partial charge in [-0.3, -0.25) is 4.79 Å². The molecule has 0 radical (unpaired) electrons. The van der Waals surface area contributed by atoms with Crippen LogP contribution in [-0.4, -0.2) is 51.1 Å². The molecule has 0 aromatic heterocycles. The van der Waals surface area contributed by atoms with Crippen LogP contribution in [0.15, 0.2) is 58.5 Å². The normalized spacial score (nSPS) is 15.7. The largest absolute Gasteiger partial charge is 0.379 e. The Kier molecular flexibility index (Phi) is 6.22. The van der Waals surface area contributed by atoms with E-state index in [4.69, 9.17) is 16.3 Å². The van der Waals surface area contributed by atoms with Gasteiger partial charge in [-0.25, -0.2) is 13.8 Å². The van der Waals surface area contributed by atoms with Gasteiger partial charge >= 0.3 is 0 Å². The number of ether oxygens (including phenoxy) is 1. The van der Waals surface area contributed by atoms with Crippen molar-refractivity contribution < 1.29 is 17.9 Å². The third-order valence-electron chi connectivity index (χ3n) is 3.95. The predicted molar refractivity (Wildman–Crippen MR) is 103 cm³/mol. The van der Waals surface area contributed by atoms with Crippen LogP contribution >= 0.6 is 11.6 Å². The Labute approximate surface area is 162 Å². The van der Waals surface area contributed by atoms with Gasteiger partial charge in [0, 0.05) is 23.7 Å². The zero-order valence-corrected chi connectivity index (χ0v) is 15.9. The van der Waals surface area contributed by atoms with Crippen molar-refractivity contribution in [3.8, 4) is 0 Å². The van der Waals surface area contributed by atoms with Crippen LogP contribution in [0.5, 0.6) is 0 Å². The number of rotatable bonds is 5. The van der Waals surface area contributed by atoms with Crippen molar-refractivity contribution in [2.45, 2.75) is 4.90 Å².